The van der Waals surface area contributed by atoms with Crippen LogP contribution < -0.4 is 10.6 Å². The number of benzene rings is 1. The van der Waals surface area contributed by atoms with Crippen LogP contribution in [0.5, 0.6) is 0 Å². The van der Waals surface area contributed by atoms with E-state index >= 15 is 0 Å². The number of anilines is 1. The third kappa shape index (κ3) is 4.15. The summed E-state index contributed by atoms with van der Waals surface area (Å²) >= 11 is 0. The van der Waals surface area contributed by atoms with Crippen LogP contribution in [-0.2, 0) is 9.53 Å². The molecule has 1 saturated heterocycles. The molecular weight excluding hydrogens is 332 g/mol. The highest BCUT2D eigenvalue weighted by molar-refractivity contribution is 5.95. The van der Waals surface area contributed by atoms with E-state index in [9.17, 15) is 4.79 Å². The van der Waals surface area contributed by atoms with E-state index < -0.39 is 0 Å². The minimum atomic E-state index is -0.210. The number of amidine groups is 1. The van der Waals surface area contributed by atoms with Crippen LogP contribution in [0.3, 0.4) is 0 Å². The highest BCUT2D eigenvalue weighted by Gasteiger charge is 2.20. The second-order valence-corrected chi connectivity index (χ2v) is 6.11. The lowest BCUT2D eigenvalue weighted by Gasteiger charge is -2.34. The van der Waals surface area contributed by atoms with Crippen molar-refractivity contribution in [1.82, 2.24) is 15.1 Å². The van der Waals surface area contributed by atoms with Crippen LogP contribution in [0.15, 0.2) is 36.4 Å². The largest absolute Gasteiger partial charge is 0.468 e. The van der Waals surface area contributed by atoms with E-state index in [1.54, 1.807) is 12.1 Å². The van der Waals surface area contributed by atoms with Crippen LogP contribution in [0.4, 0.5) is 5.82 Å². The van der Waals surface area contributed by atoms with Crippen molar-refractivity contribution in [1.29, 1.82) is 5.41 Å². The monoisotopic (exact) mass is 354 g/mol. The Kier molecular flexibility index (Phi) is 5.43. The number of nitrogens with two attached hydrogens (primary N) is 1. The van der Waals surface area contributed by atoms with Gasteiger partial charge >= 0.3 is 5.97 Å². The molecule has 136 valence electrons. The number of aromatic nitrogens is 2. The molecule has 0 amide bonds. The summed E-state index contributed by atoms with van der Waals surface area (Å²) < 4.78 is 4.70. The summed E-state index contributed by atoms with van der Waals surface area (Å²) in [5.41, 5.74) is 7.85. The Morgan fingerprint density at radius 1 is 1.12 bits per heavy atom. The normalized spacial score (nSPS) is 14.9. The van der Waals surface area contributed by atoms with E-state index in [1.165, 1.54) is 7.11 Å². The lowest BCUT2D eigenvalue weighted by Crippen LogP contribution is -2.48. The molecule has 1 aromatic heterocycles. The Balaban J connectivity index is 1.61. The summed E-state index contributed by atoms with van der Waals surface area (Å²) in [7, 11) is 1.41. The molecule has 0 saturated carbocycles. The number of carbonyl (C=O) groups excluding carboxylic acids is 1. The van der Waals surface area contributed by atoms with Gasteiger partial charge in [0.05, 0.1) is 19.3 Å². The molecule has 0 radical (unpaired) electrons. The number of nitrogens with one attached hydrogen (secondary N) is 1. The Hall–Kier alpha value is -3.00. The highest BCUT2D eigenvalue weighted by atomic mass is 16.5. The molecule has 0 bridgehead atoms. The van der Waals surface area contributed by atoms with E-state index in [1.807, 2.05) is 24.3 Å². The first-order valence-corrected chi connectivity index (χ1v) is 8.39. The van der Waals surface area contributed by atoms with Gasteiger partial charge in [0.1, 0.15) is 5.84 Å². The van der Waals surface area contributed by atoms with E-state index in [4.69, 9.17) is 15.9 Å². The Bertz CT molecular complexity index is 767. The zero-order chi connectivity index (χ0) is 18.5. The van der Waals surface area contributed by atoms with Crippen LogP contribution in [0.25, 0.3) is 11.3 Å². The van der Waals surface area contributed by atoms with Gasteiger partial charge in [0.15, 0.2) is 5.82 Å². The quantitative estimate of drug-likeness (QED) is 0.463. The van der Waals surface area contributed by atoms with Gasteiger partial charge in [0.2, 0.25) is 0 Å². The van der Waals surface area contributed by atoms with Crippen molar-refractivity contribution in [2.75, 3.05) is 44.7 Å². The molecule has 1 aromatic carbocycles. The molecule has 0 unspecified atom stereocenters. The van der Waals surface area contributed by atoms with Gasteiger partial charge in [0.25, 0.3) is 0 Å². The van der Waals surface area contributed by atoms with Crippen molar-refractivity contribution in [2.45, 2.75) is 0 Å². The molecule has 2 aromatic rings. The van der Waals surface area contributed by atoms with Crippen molar-refractivity contribution in [3.05, 3.63) is 42.0 Å². The molecule has 1 aliphatic rings. The lowest BCUT2D eigenvalue weighted by atomic mass is 10.1. The van der Waals surface area contributed by atoms with E-state index in [0.717, 1.165) is 43.3 Å². The smallest absolute Gasteiger partial charge is 0.319 e. The van der Waals surface area contributed by atoms with Crippen LogP contribution in [-0.4, -0.2) is 66.7 Å². The number of hydrogen-bond acceptors (Lipinski definition) is 7. The van der Waals surface area contributed by atoms with Gasteiger partial charge in [-0.05, 0) is 12.1 Å². The molecule has 1 aliphatic heterocycles. The van der Waals surface area contributed by atoms with Gasteiger partial charge in [-0.15, -0.1) is 10.2 Å². The molecule has 3 rings (SSSR count). The second kappa shape index (κ2) is 7.92. The zero-order valence-corrected chi connectivity index (χ0v) is 14.7. The molecule has 26 heavy (non-hydrogen) atoms. The van der Waals surface area contributed by atoms with Crippen molar-refractivity contribution >= 4 is 17.6 Å². The van der Waals surface area contributed by atoms with Gasteiger partial charge < -0.3 is 15.4 Å². The summed E-state index contributed by atoms with van der Waals surface area (Å²) in [6, 6.07) is 11.3. The lowest BCUT2D eigenvalue weighted by molar-refractivity contribution is -0.142. The number of piperazine rings is 1. The number of rotatable bonds is 5. The fourth-order valence-electron chi connectivity index (χ4n) is 2.85. The summed E-state index contributed by atoms with van der Waals surface area (Å²) in [5.74, 6) is 0.662. The molecule has 0 spiro atoms. The van der Waals surface area contributed by atoms with Crippen molar-refractivity contribution in [2.24, 2.45) is 5.73 Å². The standard InChI is InChI=1S/C18H22N6O2/c1-26-17(25)12-23-8-10-24(11-9-23)16-7-6-15(21-22-16)13-2-4-14(5-3-13)18(19)20/h2-7H,8-12H2,1H3,(H3,19,20). The van der Waals surface area contributed by atoms with E-state index in [-0.39, 0.29) is 11.8 Å². The Morgan fingerprint density at radius 3 is 2.35 bits per heavy atom. The minimum Gasteiger partial charge on any atom is -0.468 e. The highest BCUT2D eigenvalue weighted by Crippen LogP contribution is 2.20. The average Bonchev–Trinajstić information content (AvgIpc) is 2.68. The van der Waals surface area contributed by atoms with Crippen LogP contribution in [0, 0.1) is 5.41 Å². The summed E-state index contributed by atoms with van der Waals surface area (Å²) in [4.78, 5) is 15.6. The molecule has 2 heterocycles. The van der Waals surface area contributed by atoms with Crippen molar-refractivity contribution < 1.29 is 9.53 Å². The molecule has 8 nitrogen and oxygen atoms in total. The van der Waals surface area contributed by atoms with E-state index in [0.29, 0.717) is 12.1 Å². The van der Waals surface area contributed by atoms with Crippen molar-refractivity contribution in [3.63, 3.8) is 0 Å². The first kappa shape index (κ1) is 17.8. The third-order valence-corrected chi connectivity index (χ3v) is 4.42. The van der Waals surface area contributed by atoms with Crippen LogP contribution in [0.1, 0.15) is 5.56 Å². The average molecular weight is 354 g/mol. The molecule has 8 heteroatoms. The number of carbonyl (C=O) groups is 1. The van der Waals surface area contributed by atoms with Gasteiger partial charge in [0, 0.05) is 37.3 Å². The Morgan fingerprint density at radius 2 is 1.81 bits per heavy atom. The SMILES string of the molecule is COC(=O)CN1CCN(c2ccc(-c3ccc(C(=N)N)cc3)nn2)CC1. The van der Waals surface area contributed by atoms with Gasteiger partial charge in [-0.3, -0.25) is 15.1 Å². The first-order valence-electron chi connectivity index (χ1n) is 8.39. The zero-order valence-electron chi connectivity index (χ0n) is 14.7. The minimum absolute atomic E-state index is 0.0457. The van der Waals surface area contributed by atoms with Gasteiger partial charge in [-0.25, -0.2) is 0 Å². The molecule has 0 aliphatic carbocycles. The fraction of sp³-hybridized carbons (Fsp3) is 0.333. The van der Waals surface area contributed by atoms with E-state index in [2.05, 4.69) is 20.0 Å². The summed E-state index contributed by atoms with van der Waals surface area (Å²) in [5, 5.41) is 16.1. The molecule has 1 fully saturated rings. The number of hydrogen-bond donors (Lipinski definition) is 2. The Labute approximate surface area is 152 Å². The number of methoxy groups -OCH3 is 1. The first-order chi connectivity index (χ1) is 12.6. The van der Waals surface area contributed by atoms with Gasteiger partial charge in [-0.2, -0.15) is 0 Å². The van der Waals surface area contributed by atoms with Crippen LogP contribution in [0.2, 0.25) is 0 Å². The van der Waals surface area contributed by atoms with Crippen LogP contribution >= 0.6 is 0 Å². The molecule has 0 atom stereocenters. The van der Waals surface area contributed by atoms with Gasteiger partial charge in [-0.1, -0.05) is 24.3 Å². The number of esters is 1. The maximum atomic E-state index is 11.3. The number of nitrogens with zero attached hydrogens (tertiary/aromatic N) is 4. The molecule has 3 N–H and O–H groups in total. The third-order valence-electron chi connectivity index (χ3n) is 4.42. The summed E-state index contributed by atoms with van der Waals surface area (Å²) in [6.45, 7) is 3.47. The number of nitrogen functional groups attached to an aromatic ring is 1. The fourth-order valence-corrected chi connectivity index (χ4v) is 2.85. The maximum Gasteiger partial charge on any atom is 0.319 e. The molecular formula is C18H22N6O2. The maximum absolute atomic E-state index is 11.3. The summed E-state index contributed by atoms with van der Waals surface area (Å²) in [6.07, 6.45) is 0. The van der Waals surface area contributed by atoms with Crippen molar-refractivity contribution in [3.8, 4) is 11.3 Å². The topological polar surface area (TPSA) is 108 Å². The predicted octanol–water partition coefficient (Wildman–Crippen LogP) is 0.723. The predicted molar refractivity (Wildman–Crippen MR) is 99.2 cm³/mol. The second-order valence-electron chi connectivity index (χ2n) is 6.11. The number of ether oxygens (including phenoxy) is 1.